The zero-order valence-electron chi connectivity index (χ0n) is 9.52. The molecule has 1 fully saturated rings. The second-order valence-electron chi connectivity index (χ2n) is 4.55. The average Bonchev–Trinajstić information content (AvgIpc) is 2.23. The third kappa shape index (κ3) is 2.61. The lowest BCUT2D eigenvalue weighted by Crippen LogP contribution is -2.41. The quantitative estimate of drug-likeness (QED) is 0.838. The maximum Gasteiger partial charge on any atom is 0.303 e. The van der Waals surface area contributed by atoms with Crippen LogP contribution in [0, 0.1) is 0 Å². The van der Waals surface area contributed by atoms with Crippen molar-refractivity contribution in [3.05, 3.63) is 35.4 Å². The highest BCUT2D eigenvalue weighted by atomic mass is 16.4. The fourth-order valence-corrected chi connectivity index (χ4v) is 2.12. The Labute approximate surface area is 95.7 Å². The SMILES string of the molecule is CN1CC(c2ccc(CCC(=O)O)cc2)C1. The molecule has 0 amide bonds. The molecule has 0 radical (unpaired) electrons. The van der Waals surface area contributed by atoms with E-state index in [9.17, 15) is 4.79 Å². The van der Waals surface area contributed by atoms with Crippen molar-refractivity contribution in [2.45, 2.75) is 18.8 Å². The molecular weight excluding hydrogens is 202 g/mol. The molecule has 86 valence electrons. The minimum Gasteiger partial charge on any atom is -0.481 e. The zero-order chi connectivity index (χ0) is 11.5. The largest absolute Gasteiger partial charge is 0.481 e. The highest BCUT2D eigenvalue weighted by Crippen LogP contribution is 2.25. The number of likely N-dealkylation sites (tertiary alicyclic amines) is 1. The smallest absolute Gasteiger partial charge is 0.303 e. The van der Waals surface area contributed by atoms with Crippen molar-refractivity contribution >= 4 is 5.97 Å². The van der Waals surface area contributed by atoms with Gasteiger partial charge in [-0.25, -0.2) is 0 Å². The van der Waals surface area contributed by atoms with E-state index in [1.807, 2.05) is 0 Å². The van der Waals surface area contributed by atoms with Gasteiger partial charge in [-0.2, -0.15) is 0 Å². The fraction of sp³-hybridized carbons (Fsp3) is 0.462. The number of aryl methyl sites for hydroxylation is 1. The Kier molecular flexibility index (Phi) is 3.25. The van der Waals surface area contributed by atoms with Gasteiger partial charge >= 0.3 is 5.97 Å². The van der Waals surface area contributed by atoms with E-state index in [-0.39, 0.29) is 6.42 Å². The number of likely N-dealkylation sites (N-methyl/N-ethyl adjacent to an activating group) is 1. The van der Waals surface area contributed by atoms with Gasteiger partial charge in [0.2, 0.25) is 0 Å². The van der Waals surface area contributed by atoms with Crippen molar-refractivity contribution in [2.24, 2.45) is 0 Å². The first-order valence-electron chi connectivity index (χ1n) is 5.64. The van der Waals surface area contributed by atoms with E-state index in [1.165, 1.54) is 5.56 Å². The summed E-state index contributed by atoms with van der Waals surface area (Å²) in [7, 11) is 2.12. The lowest BCUT2D eigenvalue weighted by atomic mass is 9.91. The van der Waals surface area contributed by atoms with E-state index < -0.39 is 5.97 Å². The van der Waals surface area contributed by atoms with Crippen LogP contribution in [0.5, 0.6) is 0 Å². The first-order valence-corrected chi connectivity index (χ1v) is 5.64. The van der Waals surface area contributed by atoms with E-state index in [4.69, 9.17) is 5.11 Å². The van der Waals surface area contributed by atoms with Crippen molar-refractivity contribution in [3.8, 4) is 0 Å². The molecule has 2 rings (SSSR count). The van der Waals surface area contributed by atoms with E-state index in [0.717, 1.165) is 18.7 Å². The highest BCUT2D eigenvalue weighted by molar-refractivity contribution is 5.67. The van der Waals surface area contributed by atoms with Gasteiger partial charge in [-0.1, -0.05) is 24.3 Å². The minimum atomic E-state index is -0.732. The van der Waals surface area contributed by atoms with E-state index in [2.05, 4.69) is 36.2 Å². The van der Waals surface area contributed by atoms with Gasteiger partial charge in [0.15, 0.2) is 0 Å². The summed E-state index contributed by atoms with van der Waals surface area (Å²) < 4.78 is 0. The van der Waals surface area contributed by atoms with Gasteiger partial charge in [0.1, 0.15) is 0 Å². The topological polar surface area (TPSA) is 40.5 Å². The molecule has 0 unspecified atom stereocenters. The molecule has 1 aromatic rings. The van der Waals surface area contributed by atoms with E-state index in [1.54, 1.807) is 0 Å². The normalized spacial score (nSPS) is 17.1. The first-order chi connectivity index (χ1) is 7.65. The molecule has 3 nitrogen and oxygen atoms in total. The Balaban J connectivity index is 1.91. The van der Waals surface area contributed by atoms with Crippen LogP contribution in [0.3, 0.4) is 0 Å². The van der Waals surface area contributed by atoms with Gasteiger partial charge < -0.3 is 10.0 Å². The third-order valence-corrected chi connectivity index (χ3v) is 3.14. The van der Waals surface area contributed by atoms with Crippen molar-refractivity contribution in [2.75, 3.05) is 20.1 Å². The van der Waals surface area contributed by atoms with Crippen LogP contribution in [-0.4, -0.2) is 36.1 Å². The van der Waals surface area contributed by atoms with Crippen LogP contribution in [0.2, 0.25) is 0 Å². The van der Waals surface area contributed by atoms with Crippen LogP contribution in [0.4, 0.5) is 0 Å². The Bertz CT molecular complexity index is 366. The number of hydrogen-bond acceptors (Lipinski definition) is 2. The monoisotopic (exact) mass is 219 g/mol. The van der Waals surface area contributed by atoms with Gasteiger partial charge in [0.05, 0.1) is 0 Å². The molecule has 1 heterocycles. The van der Waals surface area contributed by atoms with Gasteiger partial charge in [0, 0.05) is 25.4 Å². The Morgan fingerprint density at radius 3 is 2.50 bits per heavy atom. The number of aliphatic carboxylic acids is 1. The summed E-state index contributed by atoms with van der Waals surface area (Å²) in [6.07, 6.45) is 0.839. The van der Waals surface area contributed by atoms with Crippen molar-refractivity contribution in [3.63, 3.8) is 0 Å². The van der Waals surface area contributed by atoms with E-state index in [0.29, 0.717) is 12.3 Å². The molecule has 1 aliphatic heterocycles. The van der Waals surface area contributed by atoms with Gasteiger partial charge in [-0.15, -0.1) is 0 Å². The Hall–Kier alpha value is -1.35. The van der Waals surface area contributed by atoms with Crippen molar-refractivity contribution in [1.29, 1.82) is 0 Å². The summed E-state index contributed by atoms with van der Waals surface area (Å²) in [5.74, 6) is -0.0665. The summed E-state index contributed by atoms with van der Waals surface area (Å²) in [6.45, 7) is 2.27. The van der Waals surface area contributed by atoms with Crippen LogP contribution in [0.25, 0.3) is 0 Å². The fourth-order valence-electron chi connectivity index (χ4n) is 2.12. The summed E-state index contributed by atoms with van der Waals surface area (Å²) in [5, 5.41) is 8.59. The second kappa shape index (κ2) is 4.66. The van der Waals surface area contributed by atoms with Crippen molar-refractivity contribution in [1.82, 2.24) is 4.90 Å². The number of benzene rings is 1. The van der Waals surface area contributed by atoms with Crippen LogP contribution in [-0.2, 0) is 11.2 Å². The Morgan fingerprint density at radius 2 is 2.00 bits per heavy atom. The summed E-state index contributed by atoms with van der Waals surface area (Å²) in [5.41, 5.74) is 2.48. The molecule has 1 aliphatic rings. The van der Waals surface area contributed by atoms with Crippen molar-refractivity contribution < 1.29 is 9.90 Å². The molecule has 1 aromatic carbocycles. The minimum absolute atomic E-state index is 0.214. The molecule has 0 atom stereocenters. The molecular formula is C13H17NO2. The molecule has 0 aromatic heterocycles. The Morgan fingerprint density at radius 1 is 1.38 bits per heavy atom. The molecule has 0 saturated carbocycles. The number of carboxylic acids is 1. The van der Waals surface area contributed by atoms with E-state index >= 15 is 0 Å². The molecule has 0 bridgehead atoms. The van der Waals surface area contributed by atoms with Crippen LogP contribution < -0.4 is 0 Å². The number of hydrogen-bond donors (Lipinski definition) is 1. The highest BCUT2D eigenvalue weighted by Gasteiger charge is 2.24. The van der Waals surface area contributed by atoms with Gasteiger partial charge in [0.25, 0.3) is 0 Å². The maximum absolute atomic E-state index is 10.4. The number of nitrogens with zero attached hydrogens (tertiary/aromatic N) is 1. The maximum atomic E-state index is 10.4. The molecule has 0 aliphatic carbocycles. The van der Waals surface area contributed by atoms with Crippen LogP contribution in [0.15, 0.2) is 24.3 Å². The third-order valence-electron chi connectivity index (χ3n) is 3.14. The number of rotatable bonds is 4. The molecule has 1 saturated heterocycles. The molecule has 16 heavy (non-hydrogen) atoms. The standard InChI is InChI=1S/C13H17NO2/c1-14-8-12(9-14)11-5-2-10(3-6-11)4-7-13(15)16/h2-3,5-6,12H,4,7-9H2,1H3,(H,15,16). The molecule has 3 heteroatoms. The lowest BCUT2D eigenvalue weighted by Gasteiger charge is -2.36. The first kappa shape index (κ1) is 11.1. The average molecular weight is 219 g/mol. The summed E-state index contributed by atoms with van der Waals surface area (Å²) in [4.78, 5) is 12.7. The predicted molar refractivity (Wildman–Crippen MR) is 62.6 cm³/mol. The summed E-state index contributed by atoms with van der Waals surface area (Å²) in [6, 6.07) is 8.37. The lowest BCUT2D eigenvalue weighted by molar-refractivity contribution is -0.136. The van der Waals surface area contributed by atoms with Crippen LogP contribution in [0.1, 0.15) is 23.5 Å². The molecule has 1 N–H and O–H groups in total. The number of carbonyl (C=O) groups is 1. The van der Waals surface area contributed by atoms with Gasteiger partial charge in [-0.3, -0.25) is 4.79 Å². The summed E-state index contributed by atoms with van der Waals surface area (Å²) >= 11 is 0. The van der Waals surface area contributed by atoms with Crippen LogP contribution >= 0.6 is 0 Å². The molecule has 0 spiro atoms. The van der Waals surface area contributed by atoms with Gasteiger partial charge in [-0.05, 0) is 24.6 Å². The second-order valence-corrected chi connectivity index (χ2v) is 4.55. The number of carboxylic acid groups (broad SMARTS) is 1. The zero-order valence-corrected chi connectivity index (χ0v) is 9.52. The predicted octanol–water partition coefficient (Wildman–Crippen LogP) is 1.73.